The maximum Gasteiger partial charge on any atom is 0.257 e. The number of hydrogen-bond donors (Lipinski definition) is 1. The number of methoxy groups -OCH3 is 1. The van der Waals surface area contributed by atoms with Gasteiger partial charge < -0.3 is 4.74 Å². The fourth-order valence-electron chi connectivity index (χ4n) is 2.35. The van der Waals surface area contributed by atoms with Gasteiger partial charge in [-0.05, 0) is 42.3 Å². The highest BCUT2D eigenvalue weighted by Gasteiger charge is 2.11. The summed E-state index contributed by atoms with van der Waals surface area (Å²) >= 11 is 1.29. The lowest BCUT2D eigenvalue weighted by atomic mass is 10.1. The molecule has 0 atom stereocenters. The second-order valence-corrected chi connectivity index (χ2v) is 6.25. The van der Waals surface area contributed by atoms with E-state index in [9.17, 15) is 9.18 Å². The molecule has 3 aromatic rings. The van der Waals surface area contributed by atoms with Crippen molar-refractivity contribution >= 4 is 22.4 Å². The summed E-state index contributed by atoms with van der Waals surface area (Å²) in [7, 11) is 1.42. The Morgan fingerprint density at radius 3 is 2.64 bits per heavy atom. The molecule has 0 saturated heterocycles. The number of nitrogens with one attached hydrogen (secondary N) is 1. The summed E-state index contributed by atoms with van der Waals surface area (Å²) in [5.41, 5.74) is 2.98. The van der Waals surface area contributed by atoms with Crippen LogP contribution >= 0.6 is 11.3 Å². The Hall–Kier alpha value is -2.73. The average Bonchev–Trinajstić information content (AvgIpc) is 3.10. The third-order valence-corrected chi connectivity index (χ3v) is 4.55. The molecule has 0 aliphatic carbocycles. The topological polar surface area (TPSA) is 51.2 Å². The van der Waals surface area contributed by atoms with Crippen LogP contribution in [-0.2, 0) is 6.42 Å². The van der Waals surface area contributed by atoms with Gasteiger partial charge in [0.05, 0.1) is 12.8 Å². The van der Waals surface area contributed by atoms with Gasteiger partial charge in [0.15, 0.2) is 16.7 Å². The molecule has 1 aromatic heterocycles. The zero-order valence-electron chi connectivity index (χ0n) is 13.9. The van der Waals surface area contributed by atoms with Crippen LogP contribution in [0.15, 0.2) is 47.8 Å². The number of benzene rings is 2. The van der Waals surface area contributed by atoms with E-state index >= 15 is 0 Å². The van der Waals surface area contributed by atoms with E-state index in [4.69, 9.17) is 4.74 Å². The SMILES string of the molecule is CCc1ccc(C(=O)Nc2nc(-c3ccc(OC)c(F)c3)cs2)cc1. The van der Waals surface area contributed by atoms with Crippen molar-refractivity contribution in [3.8, 4) is 17.0 Å². The zero-order chi connectivity index (χ0) is 17.8. The van der Waals surface area contributed by atoms with Crippen LogP contribution in [0, 0.1) is 5.82 Å². The highest BCUT2D eigenvalue weighted by atomic mass is 32.1. The molecule has 2 aromatic carbocycles. The second kappa shape index (κ2) is 7.44. The molecule has 0 aliphatic heterocycles. The fourth-order valence-corrected chi connectivity index (χ4v) is 3.07. The van der Waals surface area contributed by atoms with E-state index in [1.165, 1.54) is 30.1 Å². The zero-order valence-corrected chi connectivity index (χ0v) is 14.7. The van der Waals surface area contributed by atoms with Crippen molar-refractivity contribution in [2.75, 3.05) is 12.4 Å². The van der Waals surface area contributed by atoms with Gasteiger partial charge in [0, 0.05) is 16.5 Å². The first-order chi connectivity index (χ1) is 12.1. The maximum atomic E-state index is 13.8. The number of amides is 1. The van der Waals surface area contributed by atoms with E-state index in [1.807, 2.05) is 12.1 Å². The van der Waals surface area contributed by atoms with Gasteiger partial charge in [0.2, 0.25) is 0 Å². The molecule has 0 unspecified atom stereocenters. The molecular weight excluding hydrogens is 339 g/mol. The lowest BCUT2D eigenvalue weighted by Crippen LogP contribution is -2.11. The predicted octanol–water partition coefficient (Wildman–Crippen LogP) is 4.77. The molecule has 128 valence electrons. The van der Waals surface area contributed by atoms with Crippen LogP contribution in [0.3, 0.4) is 0 Å². The number of hydrogen-bond acceptors (Lipinski definition) is 4. The van der Waals surface area contributed by atoms with Crippen molar-refractivity contribution in [2.24, 2.45) is 0 Å². The van der Waals surface area contributed by atoms with Crippen molar-refractivity contribution in [1.82, 2.24) is 4.98 Å². The summed E-state index contributed by atoms with van der Waals surface area (Å²) in [6, 6.07) is 12.1. The molecule has 1 N–H and O–H groups in total. The molecule has 1 amide bonds. The van der Waals surface area contributed by atoms with Crippen molar-refractivity contribution in [3.63, 3.8) is 0 Å². The molecule has 0 aliphatic rings. The first-order valence-electron chi connectivity index (χ1n) is 7.80. The molecule has 0 spiro atoms. The maximum absolute atomic E-state index is 13.8. The fraction of sp³-hybridized carbons (Fsp3) is 0.158. The molecule has 1 heterocycles. The van der Waals surface area contributed by atoms with Crippen molar-refractivity contribution in [2.45, 2.75) is 13.3 Å². The Labute approximate surface area is 149 Å². The summed E-state index contributed by atoms with van der Waals surface area (Å²) < 4.78 is 18.7. The molecule has 3 rings (SSSR count). The number of carbonyl (C=O) groups excluding carboxylic acids is 1. The minimum Gasteiger partial charge on any atom is -0.494 e. The third kappa shape index (κ3) is 3.85. The number of anilines is 1. The number of aromatic nitrogens is 1. The molecule has 25 heavy (non-hydrogen) atoms. The van der Waals surface area contributed by atoms with E-state index in [-0.39, 0.29) is 11.7 Å². The van der Waals surface area contributed by atoms with Gasteiger partial charge in [-0.1, -0.05) is 19.1 Å². The molecule has 0 saturated carbocycles. The minimum absolute atomic E-state index is 0.183. The number of rotatable bonds is 5. The van der Waals surface area contributed by atoms with Crippen LogP contribution in [0.2, 0.25) is 0 Å². The lowest BCUT2D eigenvalue weighted by molar-refractivity contribution is 0.102. The molecule has 0 bridgehead atoms. The first kappa shape index (κ1) is 17.1. The van der Waals surface area contributed by atoms with E-state index in [2.05, 4.69) is 17.2 Å². The molecule has 0 radical (unpaired) electrons. The highest BCUT2D eigenvalue weighted by molar-refractivity contribution is 7.14. The van der Waals surface area contributed by atoms with Gasteiger partial charge in [0.1, 0.15) is 0 Å². The smallest absolute Gasteiger partial charge is 0.257 e. The number of thiazole rings is 1. The molecular formula is C19H17FN2O2S. The third-order valence-electron chi connectivity index (χ3n) is 3.80. The van der Waals surface area contributed by atoms with E-state index in [1.54, 1.807) is 29.6 Å². The van der Waals surface area contributed by atoms with Gasteiger partial charge in [-0.2, -0.15) is 0 Å². The van der Waals surface area contributed by atoms with Crippen LogP contribution in [0.1, 0.15) is 22.8 Å². The lowest BCUT2D eigenvalue weighted by Gasteiger charge is -2.04. The largest absolute Gasteiger partial charge is 0.494 e. The van der Waals surface area contributed by atoms with Gasteiger partial charge in [0.25, 0.3) is 5.91 Å². The average molecular weight is 356 g/mol. The monoisotopic (exact) mass is 356 g/mol. The quantitative estimate of drug-likeness (QED) is 0.716. The number of aryl methyl sites for hydroxylation is 1. The Balaban J connectivity index is 1.74. The van der Waals surface area contributed by atoms with Crippen LogP contribution in [-0.4, -0.2) is 18.0 Å². The van der Waals surface area contributed by atoms with Crippen LogP contribution in [0.4, 0.5) is 9.52 Å². The summed E-state index contributed by atoms with van der Waals surface area (Å²) in [6.45, 7) is 2.06. The Morgan fingerprint density at radius 1 is 1.24 bits per heavy atom. The first-order valence-corrected chi connectivity index (χ1v) is 8.68. The number of ether oxygens (including phenoxy) is 1. The van der Waals surface area contributed by atoms with Crippen LogP contribution in [0.5, 0.6) is 5.75 Å². The summed E-state index contributed by atoms with van der Waals surface area (Å²) in [5.74, 6) is -0.484. The Morgan fingerprint density at radius 2 is 2.00 bits per heavy atom. The van der Waals surface area contributed by atoms with Gasteiger partial charge in [-0.15, -0.1) is 11.3 Å². The number of halogens is 1. The molecule has 6 heteroatoms. The minimum atomic E-state index is -0.449. The van der Waals surface area contributed by atoms with Crippen molar-refractivity contribution < 1.29 is 13.9 Å². The summed E-state index contributed by atoms with van der Waals surface area (Å²) in [5, 5.41) is 5.02. The van der Waals surface area contributed by atoms with Crippen molar-refractivity contribution in [3.05, 3.63) is 64.8 Å². The second-order valence-electron chi connectivity index (χ2n) is 5.39. The number of carbonyl (C=O) groups is 1. The predicted molar refractivity (Wildman–Crippen MR) is 97.8 cm³/mol. The molecule has 0 fully saturated rings. The normalized spacial score (nSPS) is 10.5. The van der Waals surface area contributed by atoms with E-state index in [0.717, 1.165) is 6.42 Å². The van der Waals surface area contributed by atoms with E-state index < -0.39 is 5.82 Å². The van der Waals surface area contributed by atoms with Crippen LogP contribution in [0.25, 0.3) is 11.3 Å². The summed E-state index contributed by atoms with van der Waals surface area (Å²) in [4.78, 5) is 16.6. The van der Waals surface area contributed by atoms with Gasteiger partial charge in [-0.3, -0.25) is 10.1 Å². The van der Waals surface area contributed by atoms with Crippen LogP contribution < -0.4 is 10.1 Å². The Bertz CT molecular complexity index is 891. The molecule has 4 nitrogen and oxygen atoms in total. The summed E-state index contributed by atoms with van der Waals surface area (Å²) in [6.07, 6.45) is 0.927. The standard InChI is InChI=1S/C19H17FN2O2S/c1-3-12-4-6-13(7-5-12)18(23)22-19-21-16(11-25-19)14-8-9-17(24-2)15(20)10-14/h4-11H,3H2,1-2H3,(H,21,22,23). The van der Waals surface area contributed by atoms with E-state index in [0.29, 0.717) is 22.0 Å². The van der Waals surface area contributed by atoms with Crippen molar-refractivity contribution in [1.29, 1.82) is 0 Å². The number of nitrogens with zero attached hydrogens (tertiary/aromatic N) is 1. The van der Waals surface area contributed by atoms with Gasteiger partial charge >= 0.3 is 0 Å². The highest BCUT2D eigenvalue weighted by Crippen LogP contribution is 2.28. The van der Waals surface area contributed by atoms with Gasteiger partial charge in [-0.25, -0.2) is 9.37 Å². The Kier molecular flexibility index (Phi) is 5.09.